The smallest absolute Gasteiger partial charge is 0.242 e. The summed E-state index contributed by atoms with van der Waals surface area (Å²) in [6.07, 6.45) is 0.144. The maximum atomic E-state index is 13.1. The molecule has 3 aromatic carbocycles. The molecule has 33 heavy (non-hydrogen) atoms. The molecule has 0 radical (unpaired) electrons. The second-order valence-corrected chi connectivity index (χ2v) is 9.87. The summed E-state index contributed by atoms with van der Waals surface area (Å²) in [6.45, 7) is 0.332. The van der Waals surface area contributed by atoms with Crippen molar-refractivity contribution in [3.8, 4) is 11.5 Å². The number of hydrogen-bond acceptors (Lipinski definition) is 5. The molecular weight excluding hydrogens is 487 g/mol. The Morgan fingerprint density at radius 2 is 1.70 bits per heavy atom. The van der Waals surface area contributed by atoms with Crippen molar-refractivity contribution in [1.29, 1.82) is 0 Å². The van der Waals surface area contributed by atoms with Crippen LogP contribution in [0.4, 0.5) is 0 Å². The maximum absolute atomic E-state index is 13.1. The molecule has 1 aliphatic heterocycles. The minimum atomic E-state index is -4.13. The Bertz CT molecular complexity index is 1270. The van der Waals surface area contributed by atoms with Crippen molar-refractivity contribution in [3.05, 3.63) is 87.9 Å². The van der Waals surface area contributed by atoms with E-state index < -0.39 is 22.0 Å². The third kappa shape index (κ3) is 5.78. The largest absolute Gasteiger partial charge is 0.454 e. The zero-order valence-electron chi connectivity index (χ0n) is 17.3. The van der Waals surface area contributed by atoms with Crippen LogP contribution in [-0.4, -0.2) is 27.2 Å². The van der Waals surface area contributed by atoms with Crippen LogP contribution in [0.2, 0.25) is 10.0 Å². The molecule has 0 saturated heterocycles. The van der Waals surface area contributed by atoms with Gasteiger partial charge >= 0.3 is 0 Å². The van der Waals surface area contributed by atoms with Gasteiger partial charge in [0.15, 0.2) is 11.5 Å². The number of hydrogen-bond donors (Lipinski definition) is 2. The van der Waals surface area contributed by atoms with Crippen LogP contribution in [0.15, 0.2) is 71.6 Å². The van der Waals surface area contributed by atoms with E-state index in [1.165, 1.54) is 18.2 Å². The molecule has 3 aromatic rings. The highest BCUT2D eigenvalue weighted by molar-refractivity contribution is 7.89. The van der Waals surface area contributed by atoms with Crippen LogP contribution in [0.1, 0.15) is 11.1 Å². The zero-order chi connectivity index (χ0) is 23.4. The molecule has 172 valence electrons. The molecule has 1 amide bonds. The number of carbonyl (C=O) groups excluding carboxylic acids is 1. The Morgan fingerprint density at radius 1 is 0.939 bits per heavy atom. The molecule has 1 atom stereocenters. The van der Waals surface area contributed by atoms with Gasteiger partial charge in [-0.15, -0.1) is 0 Å². The first-order valence-electron chi connectivity index (χ1n) is 9.99. The fourth-order valence-corrected chi connectivity index (χ4v) is 5.29. The van der Waals surface area contributed by atoms with Gasteiger partial charge in [-0.1, -0.05) is 59.6 Å². The van der Waals surface area contributed by atoms with Gasteiger partial charge in [0.25, 0.3) is 0 Å². The lowest BCUT2D eigenvalue weighted by Crippen LogP contribution is -2.47. The second kappa shape index (κ2) is 10.0. The van der Waals surface area contributed by atoms with E-state index in [0.717, 1.165) is 11.1 Å². The van der Waals surface area contributed by atoms with Gasteiger partial charge in [0.2, 0.25) is 22.7 Å². The summed E-state index contributed by atoms with van der Waals surface area (Å²) in [4.78, 5) is 12.9. The Labute approximate surface area is 201 Å². The minimum absolute atomic E-state index is 0.00568. The average Bonchev–Trinajstić information content (AvgIpc) is 3.27. The molecular formula is C23H20Cl2N2O5S. The van der Waals surface area contributed by atoms with E-state index in [0.29, 0.717) is 11.5 Å². The van der Waals surface area contributed by atoms with Gasteiger partial charge in [-0.2, -0.15) is 4.72 Å². The summed E-state index contributed by atoms with van der Waals surface area (Å²) in [5, 5.41) is 3.01. The van der Waals surface area contributed by atoms with Crippen LogP contribution in [0, 0.1) is 0 Å². The Kier molecular flexibility index (Phi) is 7.09. The van der Waals surface area contributed by atoms with E-state index in [1.54, 1.807) is 18.2 Å². The number of sulfonamides is 1. The molecule has 7 nitrogen and oxygen atoms in total. The van der Waals surface area contributed by atoms with E-state index >= 15 is 0 Å². The molecule has 0 bridgehead atoms. The second-order valence-electron chi connectivity index (χ2n) is 7.34. The first kappa shape index (κ1) is 23.4. The quantitative estimate of drug-likeness (QED) is 0.482. The number of halogens is 2. The van der Waals surface area contributed by atoms with E-state index in [9.17, 15) is 13.2 Å². The van der Waals surface area contributed by atoms with E-state index in [4.69, 9.17) is 32.7 Å². The van der Waals surface area contributed by atoms with Gasteiger partial charge in [0, 0.05) is 11.6 Å². The molecule has 1 heterocycles. The van der Waals surface area contributed by atoms with Crippen LogP contribution in [-0.2, 0) is 27.8 Å². The minimum Gasteiger partial charge on any atom is -0.454 e. The molecule has 2 N–H and O–H groups in total. The normalized spacial score (nSPS) is 13.5. The molecule has 10 heteroatoms. The van der Waals surface area contributed by atoms with Crippen molar-refractivity contribution in [2.45, 2.75) is 23.9 Å². The predicted octanol–water partition coefficient (Wildman–Crippen LogP) is 3.93. The number of benzene rings is 3. The van der Waals surface area contributed by atoms with Crippen molar-refractivity contribution >= 4 is 39.1 Å². The van der Waals surface area contributed by atoms with Crippen molar-refractivity contribution < 1.29 is 22.7 Å². The highest BCUT2D eigenvalue weighted by Gasteiger charge is 2.28. The highest BCUT2D eigenvalue weighted by Crippen LogP contribution is 2.32. The summed E-state index contributed by atoms with van der Waals surface area (Å²) in [5.41, 5.74) is 1.58. The van der Waals surface area contributed by atoms with Gasteiger partial charge in [0.05, 0.1) is 5.02 Å². The third-order valence-electron chi connectivity index (χ3n) is 4.98. The molecule has 0 spiro atoms. The Morgan fingerprint density at radius 3 is 2.48 bits per heavy atom. The van der Waals surface area contributed by atoms with Gasteiger partial charge in [0.1, 0.15) is 10.9 Å². The van der Waals surface area contributed by atoms with Crippen molar-refractivity contribution in [1.82, 2.24) is 10.0 Å². The van der Waals surface area contributed by atoms with Crippen molar-refractivity contribution in [2.75, 3.05) is 6.79 Å². The summed E-state index contributed by atoms with van der Waals surface area (Å²) in [6, 6.07) is 17.5. The third-order valence-corrected chi connectivity index (χ3v) is 7.17. The van der Waals surface area contributed by atoms with Crippen LogP contribution in [0.25, 0.3) is 0 Å². The molecule has 0 fully saturated rings. The Hall–Kier alpha value is -2.78. The van der Waals surface area contributed by atoms with E-state index in [-0.39, 0.29) is 34.7 Å². The fourth-order valence-electron chi connectivity index (χ4n) is 3.33. The lowest BCUT2D eigenvalue weighted by atomic mass is 10.1. The molecule has 0 unspecified atom stereocenters. The SMILES string of the molecule is O=C(NCc1ccc2c(c1)OCO2)[C@H](Cc1ccccc1)NS(=O)(=O)c1cc(Cl)ccc1Cl. The Balaban J connectivity index is 1.53. The molecule has 0 aliphatic carbocycles. The average molecular weight is 507 g/mol. The predicted molar refractivity (Wildman–Crippen MR) is 125 cm³/mol. The topological polar surface area (TPSA) is 93.7 Å². The molecule has 0 aromatic heterocycles. The summed E-state index contributed by atoms with van der Waals surface area (Å²) >= 11 is 12.1. The number of rotatable bonds is 8. The van der Waals surface area contributed by atoms with E-state index in [1.807, 2.05) is 30.3 Å². The van der Waals surface area contributed by atoms with Crippen molar-refractivity contribution in [3.63, 3.8) is 0 Å². The standard InChI is InChI=1S/C23H20Cl2N2O5S/c24-17-7-8-18(25)22(12-17)33(29,30)27-19(10-15-4-2-1-3-5-15)23(28)26-13-16-6-9-20-21(11-16)32-14-31-20/h1-9,11-12,19,27H,10,13-14H2,(H,26,28)/t19-/m0/s1. The first-order chi connectivity index (χ1) is 15.8. The maximum Gasteiger partial charge on any atom is 0.242 e. The van der Waals surface area contributed by atoms with Gasteiger partial charge in [-0.05, 0) is 47.9 Å². The van der Waals surface area contributed by atoms with Crippen LogP contribution < -0.4 is 19.5 Å². The van der Waals surface area contributed by atoms with Crippen LogP contribution in [0.3, 0.4) is 0 Å². The van der Waals surface area contributed by atoms with Gasteiger partial charge < -0.3 is 14.8 Å². The molecule has 4 rings (SSSR count). The lowest BCUT2D eigenvalue weighted by molar-refractivity contribution is -0.122. The summed E-state index contributed by atoms with van der Waals surface area (Å²) < 4.78 is 39.2. The molecule has 0 saturated carbocycles. The number of ether oxygens (including phenoxy) is 2. The number of nitrogens with one attached hydrogen (secondary N) is 2. The lowest BCUT2D eigenvalue weighted by Gasteiger charge is -2.19. The summed E-state index contributed by atoms with van der Waals surface area (Å²) in [5.74, 6) is 0.746. The van der Waals surface area contributed by atoms with E-state index in [2.05, 4.69) is 10.0 Å². The monoisotopic (exact) mass is 506 g/mol. The zero-order valence-corrected chi connectivity index (χ0v) is 19.6. The van der Waals surface area contributed by atoms with Crippen molar-refractivity contribution in [2.24, 2.45) is 0 Å². The number of amides is 1. The molecule has 1 aliphatic rings. The first-order valence-corrected chi connectivity index (χ1v) is 12.2. The fraction of sp³-hybridized carbons (Fsp3) is 0.174. The van der Waals surface area contributed by atoms with Crippen LogP contribution in [0.5, 0.6) is 11.5 Å². The highest BCUT2D eigenvalue weighted by atomic mass is 35.5. The van der Waals surface area contributed by atoms with Crippen LogP contribution >= 0.6 is 23.2 Å². The summed E-state index contributed by atoms with van der Waals surface area (Å²) in [7, 11) is -4.13. The number of fused-ring (bicyclic) bond motifs is 1. The number of carbonyl (C=O) groups is 1. The van der Waals surface area contributed by atoms with Gasteiger partial charge in [-0.3, -0.25) is 4.79 Å². The van der Waals surface area contributed by atoms with Gasteiger partial charge in [-0.25, -0.2) is 8.42 Å².